The topological polar surface area (TPSA) is 332 Å². The Hall–Kier alpha value is -5.50. The molecule has 0 amide bonds. The van der Waals surface area contributed by atoms with Crippen molar-refractivity contribution in [2.45, 2.75) is 61.7 Å². The summed E-state index contributed by atoms with van der Waals surface area (Å²) in [7, 11) is -3.47. The lowest BCUT2D eigenvalue weighted by Gasteiger charge is -2.18. The lowest BCUT2D eigenvalue weighted by molar-refractivity contribution is 0.0675. The summed E-state index contributed by atoms with van der Waals surface area (Å²) in [5, 5.41) is 18.6. The first-order valence-electron chi connectivity index (χ1n) is 22.7. The highest BCUT2D eigenvalue weighted by Crippen LogP contribution is 2.28. The molecule has 72 heavy (non-hydrogen) atoms. The van der Waals surface area contributed by atoms with Crippen molar-refractivity contribution in [2.75, 3.05) is 140 Å². The van der Waals surface area contributed by atoms with Gasteiger partial charge in [-0.2, -0.15) is 46.7 Å². The second-order valence-corrected chi connectivity index (χ2v) is 18.9. The van der Waals surface area contributed by atoms with Crippen LogP contribution in [0.4, 0.5) is 47.1 Å². The standard InChI is InChI=1S/C44H68N12O14S2/c1-29(25-67-19-15-63-5)45-39-51-40(46-30(2)26-68-20-16-64-6)54-43(53-39)49-35-13-11-33(37(23-35)71(57,58)59)9-10-34-12-14-36(24-38(34)72(60,61)62)50-44-55-41(47-31(3)27-69-21-17-65-7)52-42(56-44)48-32(4)28-70-22-18-66-8/h9-14,23-24,29-32H,15-22,25-28H2,1-8H3,(H,57,58,59)(H,60,61,62)(H3,45,46,49,51,53,54)(H3,47,48,50,52,55,56)/b10-9+. The third-order valence-corrected chi connectivity index (χ3v) is 11.3. The molecule has 4 rings (SSSR count). The van der Waals surface area contributed by atoms with E-state index in [0.29, 0.717) is 79.3 Å². The van der Waals surface area contributed by atoms with Gasteiger partial charge >= 0.3 is 0 Å². The van der Waals surface area contributed by atoms with Crippen LogP contribution in [0.5, 0.6) is 0 Å². The molecular weight excluding hydrogens is 985 g/mol. The first kappa shape index (κ1) is 59.1. The molecule has 400 valence electrons. The highest BCUT2D eigenvalue weighted by Gasteiger charge is 2.20. The van der Waals surface area contributed by atoms with E-state index in [9.17, 15) is 25.9 Å². The van der Waals surface area contributed by atoms with Crippen LogP contribution in [-0.4, -0.2) is 188 Å². The van der Waals surface area contributed by atoms with Gasteiger partial charge in [-0.05, 0) is 63.1 Å². The van der Waals surface area contributed by atoms with Gasteiger partial charge in [0.2, 0.25) is 35.7 Å². The molecule has 28 heteroatoms. The lowest BCUT2D eigenvalue weighted by Crippen LogP contribution is -2.26. The van der Waals surface area contributed by atoms with E-state index < -0.39 is 30.0 Å². The Labute approximate surface area is 420 Å². The van der Waals surface area contributed by atoms with Gasteiger partial charge in [-0.25, -0.2) is 0 Å². The first-order valence-corrected chi connectivity index (χ1v) is 25.6. The van der Waals surface area contributed by atoms with Gasteiger partial charge in [0.25, 0.3) is 20.2 Å². The largest absolute Gasteiger partial charge is 0.382 e. The van der Waals surface area contributed by atoms with Crippen LogP contribution in [0, 0.1) is 0 Å². The SMILES string of the molecule is COCCOCC(C)Nc1nc(Nc2ccc(/C=C/c3ccc(Nc4nc(NC(C)COCCOC)nc(NC(C)COCCOC)n4)cc3S(=O)(=O)O)c(S(=O)(=O)O)c2)nc(NC(C)COCCOC)n1. The van der Waals surface area contributed by atoms with Crippen molar-refractivity contribution in [1.29, 1.82) is 0 Å². The molecule has 0 radical (unpaired) electrons. The van der Waals surface area contributed by atoms with Crippen molar-refractivity contribution in [3.05, 3.63) is 47.5 Å². The third kappa shape index (κ3) is 21.7. The van der Waals surface area contributed by atoms with E-state index in [1.165, 1.54) is 36.4 Å². The fraction of sp³-hybridized carbons (Fsp3) is 0.545. The molecule has 8 N–H and O–H groups in total. The highest BCUT2D eigenvalue weighted by molar-refractivity contribution is 7.86. The molecule has 0 saturated carbocycles. The molecule has 2 heterocycles. The summed E-state index contributed by atoms with van der Waals surface area (Å²) >= 11 is 0. The van der Waals surface area contributed by atoms with Gasteiger partial charge in [0, 0.05) is 64.0 Å². The van der Waals surface area contributed by atoms with Crippen LogP contribution in [0.2, 0.25) is 0 Å². The normalized spacial score (nSPS) is 13.6. The van der Waals surface area contributed by atoms with E-state index in [1.54, 1.807) is 28.4 Å². The zero-order valence-corrected chi connectivity index (χ0v) is 43.3. The minimum atomic E-state index is -4.89. The molecule has 0 bridgehead atoms. The summed E-state index contributed by atoms with van der Waals surface area (Å²) in [5.74, 6) is 0.704. The maximum atomic E-state index is 12.8. The van der Waals surface area contributed by atoms with E-state index in [4.69, 9.17) is 37.9 Å². The number of anilines is 8. The molecule has 26 nitrogen and oxygen atoms in total. The van der Waals surface area contributed by atoms with Gasteiger partial charge < -0.3 is 69.8 Å². The third-order valence-electron chi connectivity index (χ3n) is 9.51. The average molecular weight is 1050 g/mol. The predicted octanol–water partition coefficient (Wildman–Crippen LogP) is 4.06. The summed E-state index contributed by atoms with van der Waals surface area (Å²) < 4.78 is 115. The summed E-state index contributed by atoms with van der Waals surface area (Å²) in [6.07, 6.45) is 2.54. The maximum Gasteiger partial charge on any atom is 0.295 e. The molecule has 0 aliphatic heterocycles. The Kier molecular flexibility index (Phi) is 25.0. The zero-order valence-electron chi connectivity index (χ0n) is 41.7. The number of nitrogens with one attached hydrogen (secondary N) is 6. The molecule has 0 aliphatic rings. The summed E-state index contributed by atoms with van der Waals surface area (Å²) in [6.45, 7) is 11.9. The number of nitrogens with zero attached hydrogens (tertiary/aromatic N) is 6. The average Bonchev–Trinajstić information content (AvgIpc) is 3.31. The van der Waals surface area contributed by atoms with Gasteiger partial charge in [-0.3, -0.25) is 9.11 Å². The molecule has 2 aromatic heterocycles. The monoisotopic (exact) mass is 1050 g/mol. The number of hydrogen-bond acceptors (Lipinski definition) is 24. The van der Waals surface area contributed by atoms with Crippen LogP contribution in [-0.2, 0) is 58.1 Å². The number of ether oxygens (including phenoxy) is 8. The van der Waals surface area contributed by atoms with Crippen LogP contribution in [0.3, 0.4) is 0 Å². The van der Waals surface area contributed by atoms with Gasteiger partial charge in [-0.15, -0.1) is 0 Å². The van der Waals surface area contributed by atoms with Crippen molar-refractivity contribution in [2.24, 2.45) is 0 Å². The Balaban J connectivity index is 1.62. The smallest absolute Gasteiger partial charge is 0.295 e. The van der Waals surface area contributed by atoms with Crippen LogP contribution >= 0.6 is 0 Å². The van der Waals surface area contributed by atoms with Gasteiger partial charge in [0.15, 0.2) is 0 Å². The fourth-order valence-corrected chi connectivity index (χ4v) is 7.58. The molecule has 4 atom stereocenters. The number of hydrogen-bond donors (Lipinski definition) is 8. The zero-order chi connectivity index (χ0) is 52.5. The van der Waals surface area contributed by atoms with E-state index in [1.807, 2.05) is 27.7 Å². The van der Waals surface area contributed by atoms with E-state index in [2.05, 4.69) is 61.8 Å². The minimum absolute atomic E-state index is 0.0129. The van der Waals surface area contributed by atoms with Crippen LogP contribution in [0.15, 0.2) is 46.2 Å². The molecule has 0 aliphatic carbocycles. The predicted molar refractivity (Wildman–Crippen MR) is 271 cm³/mol. The summed E-state index contributed by atoms with van der Waals surface area (Å²) in [5.41, 5.74) is 0.263. The van der Waals surface area contributed by atoms with Gasteiger partial charge in [-0.1, -0.05) is 24.3 Å². The van der Waals surface area contributed by atoms with Crippen molar-refractivity contribution < 1.29 is 63.8 Å². The number of benzene rings is 2. The minimum Gasteiger partial charge on any atom is -0.382 e. The maximum absolute atomic E-state index is 12.8. The highest BCUT2D eigenvalue weighted by atomic mass is 32.2. The quantitative estimate of drug-likeness (QED) is 0.0181. The molecule has 4 aromatic rings. The lowest BCUT2D eigenvalue weighted by atomic mass is 10.1. The van der Waals surface area contributed by atoms with Crippen LogP contribution < -0.4 is 31.9 Å². The second-order valence-electron chi connectivity index (χ2n) is 16.1. The number of aromatic nitrogens is 6. The van der Waals surface area contributed by atoms with E-state index in [-0.39, 0.29) is 82.4 Å². The Bertz CT molecular complexity index is 2290. The van der Waals surface area contributed by atoms with Crippen molar-refractivity contribution in [3.63, 3.8) is 0 Å². The van der Waals surface area contributed by atoms with E-state index in [0.717, 1.165) is 12.1 Å². The number of rotatable bonds is 36. The summed E-state index contributed by atoms with van der Waals surface area (Å²) in [6, 6.07) is 7.08. The van der Waals surface area contributed by atoms with Crippen molar-refractivity contribution in [1.82, 2.24) is 29.9 Å². The summed E-state index contributed by atoms with van der Waals surface area (Å²) in [4.78, 5) is 25.8. The first-order chi connectivity index (χ1) is 34.4. The van der Waals surface area contributed by atoms with Crippen molar-refractivity contribution >= 4 is 79.5 Å². The Morgan fingerprint density at radius 1 is 0.444 bits per heavy atom. The second kappa shape index (κ2) is 30.5. The van der Waals surface area contributed by atoms with Crippen molar-refractivity contribution in [3.8, 4) is 0 Å². The molecular formula is C44H68N12O14S2. The molecule has 2 aromatic carbocycles. The van der Waals surface area contributed by atoms with Gasteiger partial charge in [0.1, 0.15) is 9.79 Å². The van der Waals surface area contributed by atoms with E-state index >= 15 is 0 Å². The van der Waals surface area contributed by atoms with Crippen LogP contribution in [0.25, 0.3) is 12.2 Å². The fourth-order valence-electron chi connectivity index (χ4n) is 6.16. The molecule has 0 saturated heterocycles. The Morgan fingerprint density at radius 2 is 0.708 bits per heavy atom. The molecule has 0 spiro atoms. The van der Waals surface area contributed by atoms with Gasteiger partial charge in [0.05, 0.1) is 79.3 Å². The molecule has 4 unspecified atom stereocenters. The van der Waals surface area contributed by atoms with Crippen LogP contribution in [0.1, 0.15) is 38.8 Å². The Morgan fingerprint density at radius 3 is 0.958 bits per heavy atom. The number of methoxy groups -OCH3 is 4. The molecule has 0 fully saturated rings.